The summed E-state index contributed by atoms with van der Waals surface area (Å²) in [5.74, 6) is 0.124. The number of hydrogen-bond acceptors (Lipinski definition) is 3. The van der Waals surface area contributed by atoms with Gasteiger partial charge in [-0.05, 0) is 39.5 Å². The van der Waals surface area contributed by atoms with Gasteiger partial charge in [-0.25, -0.2) is 0 Å². The Bertz CT molecular complexity index is 327. The molecule has 0 aliphatic rings. The second-order valence-corrected chi connectivity index (χ2v) is 5.58. The Morgan fingerprint density at radius 3 is 2.93 bits per heavy atom. The first-order chi connectivity index (χ1) is 7.13. The number of hydrogen-bond donors (Lipinski definition) is 1. The third kappa shape index (κ3) is 4.32. The fourth-order valence-corrected chi connectivity index (χ4v) is 2.36. The molecule has 5 heteroatoms. The maximum atomic E-state index is 11.6. The minimum atomic E-state index is 0.124. The van der Waals surface area contributed by atoms with Crippen molar-refractivity contribution < 1.29 is 4.79 Å². The first-order valence-electron chi connectivity index (χ1n) is 4.81. The average molecular weight is 291 g/mol. The molecule has 0 spiro atoms. The van der Waals surface area contributed by atoms with E-state index in [1.807, 2.05) is 20.0 Å². The summed E-state index contributed by atoms with van der Waals surface area (Å²) in [4.78, 5) is 13.3. The van der Waals surface area contributed by atoms with Crippen molar-refractivity contribution in [3.63, 3.8) is 0 Å². The Balaban J connectivity index is 2.41. The maximum absolute atomic E-state index is 11.6. The van der Waals surface area contributed by atoms with E-state index in [0.717, 1.165) is 10.3 Å². The quantitative estimate of drug-likeness (QED) is 0.901. The van der Waals surface area contributed by atoms with Crippen LogP contribution in [-0.2, 0) is 11.3 Å². The largest absolute Gasteiger partial charge is 0.340 e. The predicted molar refractivity (Wildman–Crippen MR) is 67.0 cm³/mol. The van der Waals surface area contributed by atoms with E-state index in [1.54, 1.807) is 16.2 Å². The van der Waals surface area contributed by atoms with Gasteiger partial charge in [-0.2, -0.15) is 0 Å². The van der Waals surface area contributed by atoms with E-state index in [2.05, 4.69) is 26.6 Å². The van der Waals surface area contributed by atoms with E-state index in [-0.39, 0.29) is 5.91 Å². The van der Waals surface area contributed by atoms with Crippen LogP contribution in [0.5, 0.6) is 0 Å². The van der Waals surface area contributed by atoms with Crippen LogP contribution in [0.2, 0.25) is 0 Å². The van der Waals surface area contributed by atoms with Gasteiger partial charge in [0.05, 0.1) is 10.3 Å². The third-order valence-electron chi connectivity index (χ3n) is 1.99. The van der Waals surface area contributed by atoms with Gasteiger partial charge < -0.3 is 10.2 Å². The standard InChI is InChI=1S/C10H15BrN2OS/c1-3-12-5-10(14)13(2)6-8-4-9(11)15-7-8/h4,7,12H,3,5-6H2,1-2H3. The molecule has 0 bridgehead atoms. The highest BCUT2D eigenvalue weighted by atomic mass is 79.9. The van der Waals surface area contributed by atoms with Crippen LogP contribution >= 0.6 is 27.3 Å². The Morgan fingerprint density at radius 2 is 2.40 bits per heavy atom. The van der Waals surface area contributed by atoms with Crippen LogP contribution in [0.25, 0.3) is 0 Å². The SMILES string of the molecule is CCNCC(=O)N(C)Cc1csc(Br)c1. The zero-order chi connectivity index (χ0) is 11.3. The number of nitrogens with zero attached hydrogens (tertiary/aromatic N) is 1. The molecule has 1 amide bonds. The average Bonchev–Trinajstić information content (AvgIpc) is 2.60. The molecular weight excluding hydrogens is 276 g/mol. The monoisotopic (exact) mass is 290 g/mol. The molecule has 0 radical (unpaired) electrons. The molecule has 0 unspecified atom stereocenters. The number of halogens is 1. The van der Waals surface area contributed by atoms with E-state index in [9.17, 15) is 4.79 Å². The van der Waals surface area contributed by atoms with Crippen molar-refractivity contribution in [2.24, 2.45) is 0 Å². The van der Waals surface area contributed by atoms with Crippen LogP contribution < -0.4 is 5.32 Å². The van der Waals surface area contributed by atoms with E-state index >= 15 is 0 Å². The molecule has 0 aromatic carbocycles. The van der Waals surface area contributed by atoms with E-state index in [4.69, 9.17) is 0 Å². The highest BCUT2D eigenvalue weighted by molar-refractivity contribution is 9.11. The Kier molecular flexibility index (Phi) is 5.28. The molecular formula is C10H15BrN2OS. The topological polar surface area (TPSA) is 32.3 Å². The Labute approximate surface area is 103 Å². The van der Waals surface area contributed by atoms with Crippen molar-refractivity contribution in [2.75, 3.05) is 20.1 Å². The molecule has 3 nitrogen and oxygen atoms in total. The van der Waals surface area contributed by atoms with Crippen LogP contribution in [0.4, 0.5) is 0 Å². The van der Waals surface area contributed by atoms with Crippen molar-refractivity contribution >= 4 is 33.2 Å². The van der Waals surface area contributed by atoms with E-state index < -0.39 is 0 Å². The molecule has 1 rings (SSSR count). The van der Waals surface area contributed by atoms with E-state index in [0.29, 0.717) is 13.1 Å². The molecule has 0 saturated heterocycles. The number of rotatable bonds is 5. The van der Waals surface area contributed by atoms with Gasteiger partial charge in [-0.15, -0.1) is 11.3 Å². The summed E-state index contributed by atoms with van der Waals surface area (Å²) in [6, 6.07) is 2.04. The Morgan fingerprint density at radius 1 is 1.67 bits per heavy atom. The first-order valence-corrected chi connectivity index (χ1v) is 6.48. The van der Waals surface area contributed by atoms with Crippen molar-refractivity contribution in [1.82, 2.24) is 10.2 Å². The molecule has 1 aromatic rings. The summed E-state index contributed by atoms with van der Waals surface area (Å²) in [6.07, 6.45) is 0. The molecule has 84 valence electrons. The molecule has 0 saturated carbocycles. The number of amides is 1. The normalized spacial score (nSPS) is 10.3. The fraction of sp³-hybridized carbons (Fsp3) is 0.500. The predicted octanol–water partition coefficient (Wildman–Crippen LogP) is 2.08. The van der Waals surface area contributed by atoms with Gasteiger partial charge in [-0.3, -0.25) is 4.79 Å². The van der Waals surface area contributed by atoms with Gasteiger partial charge in [-0.1, -0.05) is 6.92 Å². The number of carbonyl (C=O) groups excluding carboxylic acids is 1. The molecule has 0 atom stereocenters. The molecule has 1 heterocycles. The second-order valence-electron chi connectivity index (χ2n) is 3.29. The second kappa shape index (κ2) is 6.25. The number of carbonyl (C=O) groups is 1. The molecule has 15 heavy (non-hydrogen) atoms. The summed E-state index contributed by atoms with van der Waals surface area (Å²) >= 11 is 5.04. The van der Waals surface area contributed by atoms with Crippen LogP contribution in [0, 0.1) is 0 Å². The summed E-state index contributed by atoms with van der Waals surface area (Å²) in [6.45, 7) is 3.90. The minimum absolute atomic E-state index is 0.124. The minimum Gasteiger partial charge on any atom is -0.340 e. The maximum Gasteiger partial charge on any atom is 0.236 e. The lowest BCUT2D eigenvalue weighted by Crippen LogP contribution is -2.34. The molecule has 0 aliphatic heterocycles. The van der Waals surface area contributed by atoms with Gasteiger partial charge in [0.1, 0.15) is 0 Å². The highest BCUT2D eigenvalue weighted by Gasteiger charge is 2.08. The fourth-order valence-electron chi connectivity index (χ4n) is 1.16. The Hall–Kier alpha value is -0.390. The lowest BCUT2D eigenvalue weighted by Gasteiger charge is -2.16. The zero-order valence-corrected chi connectivity index (χ0v) is 11.3. The highest BCUT2D eigenvalue weighted by Crippen LogP contribution is 2.21. The molecule has 1 N–H and O–H groups in total. The summed E-state index contributed by atoms with van der Waals surface area (Å²) in [5, 5.41) is 5.08. The smallest absolute Gasteiger partial charge is 0.236 e. The van der Waals surface area contributed by atoms with Crippen molar-refractivity contribution in [2.45, 2.75) is 13.5 Å². The third-order valence-corrected chi connectivity index (χ3v) is 3.55. The number of thiophene rings is 1. The lowest BCUT2D eigenvalue weighted by atomic mass is 10.3. The van der Waals surface area contributed by atoms with Gasteiger partial charge in [0.2, 0.25) is 5.91 Å². The van der Waals surface area contributed by atoms with Crippen LogP contribution in [0.3, 0.4) is 0 Å². The molecule has 1 aromatic heterocycles. The lowest BCUT2D eigenvalue weighted by molar-refractivity contribution is -0.129. The van der Waals surface area contributed by atoms with Gasteiger partial charge in [0.25, 0.3) is 0 Å². The summed E-state index contributed by atoms with van der Waals surface area (Å²) in [7, 11) is 1.82. The molecule has 0 fully saturated rings. The number of nitrogens with one attached hydrogen (secondary N) is 1. The summed E-state index contributed by atoms with van der Waals surface area (Å²) in [5.41, 5.74) is 1.17. The van der Waals surface area contributed by atoms with Gasteiger partial charge in [0.15, 0.2) is 0 Å². The van der Waals surface area contributed by atoms with Crippen LogP contribution in [0.15, 0.2) is 15.2 Å². The van der Waals surface area contributed by atoms with E-state index in [1.165, 1.54) is 5.56 Å². The summed E-state index contributed by atoms with van der Waals surface area (Å²) < 4.78 is 1.10. The first kappa shape index (κ1) is 12.7. The van der Waals surface area contributed by atoms with Crippen molar-refractivity contribution in [3.8, 4) is 0 Å². The van der Waals surface area contributed by atoms with Crippen LogP contribution in [0.1, 0.15) is 12.5 Å². The van der Waals surface area contributed by atoms with Gasteiger partial charge in [0, 0.05) is 13.6 Å². The number of likely N-dealkylation sites (N-methyl/N-ethyl adjacent to an activating group) is 2. The van der Waals surface area contributed by atoms with Crippen molar-refractivity contribution in [1.29, 1.82) is 0 Å². The van der Waals surface area contributed by atoms with Crippen LogP contribution in [-0.4, -0.2) is 30.9 Å². The van der Waals surface area contributed by atoms with Crippen molar-refractivity contribution in [3.05, 3.63) is 20.8 Å². The van der Waals surface area contributed by atoms with Gasteiger partial charge >= 0.3 is 0 Å². The zero-order valence-electron chi connectivity index (χ0n) is 8.92. The molecule has 0 aliphatic carbocycles.